The third-order valence-electron chi connectivity index (χ3n) is 2.99. The molecule has 0 fully saturated rings. The standard InChI is InChI=1S/C17H16N2O3/c1-22-16(19-13-10-6-3-7-11-13)14(17(20)21)15(18)12-8-4-2-5-9-12/h2-11,18-19H,1H3,(H,20,21)/b16-14-,18-15?. The summed E-state index contributed by atoms with van der Waals surface area (Å²) >= 11 is 0. The van der Waals surface area contributed by atoms with Gasteiger partial charge in [-0.15, -0.1) is 0 Å². The molecule has 5 heteroatoms. The van der Waals surface area contributed by atoms with Crippen LogP contribution in [0.5, 0.6) is 0 Å². The molecule has 0 aliphatic carbocycles. The number of rotatable bonds is 6. The number of aliphatic carboxylic acids is 1. The molecular weight excluding hydrogens is 280 g/mol. The van der Waals surface area contributed by atoms with Crippen molar-refractivity contribution in [2.45, 2.75) is 0 Å². The molecule has 0 aliphatic heterocycles. The fourth-order valence-corrected chi connectivity index (χ4v) is 1.93. The molecule has 2 aromatic rings. The monoisotopic (exact) mass is 296 g/mol. The molecule has 2 aromatic carbocycles. The van der Waals surface area contributed by atoms with Crippen molar-refractivity contribution in [2.24, 2.45) is 0 Å². The van der Waals surface area contributed by atoms with Crippen LogP contribution in [0.3, 0.4) is 0 Å². The second-order valence-corrected chi connectivity index (χ2v) is 4.45. The van der Waals surface area contributed by atoms with Gasteiger partial charge in [0.2, 0.25) is 5.88 Å². The predicted molar refractivity (Wildman–Crippen MR) is 85.0 cm³/mol. The number of benzene rings is 2. The number of hydrogen-bond acceptors (Lipinski definition) is 4. The van der Waals surface area contributed by atoms with Crippen molar-refractivity contribution >= 4 is 17.4 Å². The molecule has 5 nitrogen and oxygen atoms in total. The van der Waals surface area contributed by atoms with Crippen LogP contribution in [0, 0.1) is 5.41 Å². The van der Waals surface area contributed by atoms with Crippen molar-refractivity contribution in [3.63, 3.8) is 0 Å². The smallest absolute Gasteiger partial charge is 0.343 e. The Bertz CT molecular complexity index is 694. The number of para-hydroxylation sites is 1. The van der Waals surface area contributed by atoms with E-state index in [0.717, 1.165) is 0 Å². The number of methoxy groups -OCH3 is 1. The maximum Gasteiger partial charge on any atom is 0.343 e. The summed E-state index contributed by atoms with van der Waals surface area (Å²) < 4.78 is 5.17. The number of carboxylic acid groups (broad SMARTS) is 1. The summed E-state index contributed by atoms with van der Waals surface area (Å²) in [6, 6.07) is 17.7. The minimum Gasteiger partial charge on any atom is -0.482 e. The lowest BCUT2D eigenvalue weighted by atomic mass is 10.0. The summed E-state index contributed by atoms with van der Waals surface area (Å²) in [5.74, 6) is -1.21. The van der Waals surface area contributed by atoms with Gasteiger partial charge >= 0.3 is 5.97 Å². The fraction of sp³-hybridized carbons (Fsp3) is 0.0588. The van der Waals surface area contributed by atoms with Crippen LogP contribution >= 0.6 is 0 Å². The third-order valence-corrected chi connectivity index (χ3v) is 2.99. The van der Waals surface area contributed by atoms with Gasteiger partial charge in [0.25, 0.3) is 0 Å². The van der Waals surface area contributed by atoms with Gasteiger partial charge in [0, 0.05) is 11.3 Å². The first-order chi connectivity index (χ1) is 10.6. The van der Waals surface area contributed by atoms with E-state index >= 15 is 0 Å². The van der Waals surface area contributed by atoms with Crippen LogP contribution in [-0.2, 0) is 9.53 Å². The topological polar surface area (TPSA) is 82.4 Å². The molecule has 0 amide bonds. The van der Waals surface area contributed by atoms with E-state index < -0.39 is 5.97 Å². The maximum atomic E-state index is 11.6. The lowest BCUT2D eigenvalue weighted by Crippen LogP contribution is -2.19. The van der Waals surface area contributed by atoms with Gasteiger partial charge in [-0.05, 0) is 12.1 Å². The first-order valence-corrected chi connectivity index (χ1v) is 6.61. The van der Waals surface area contributed by atoms with E-state index in [-0.39, 0.29) is 17.2 Å². The number of carboxylic acids is 1. The lowest BCUT2D eigenvalue weighted by Gasteiger charge is -2.14. The summed E-state index contributed by atoms with van der Waals surface area (Å²) in [6.45, 7) is 0. The molecule has 22 heavy (non-hydrogen) atoms. The first kappa shape index (κ1) is 15.3. The highest BCUT2D eigenvalue weighted by atomic mass is 16.5. The molecule has 0 aromatic heterocycles. The van der Waals surface area contributed by atoms with Crippen LogP contribution in [0.4, 0.5) is 5.69 Å². The molecular formula is C17H16N2O3. The van der Waals surface area contributed by atoms with Crippen LogP contribution < -0.4 is 5.32 Å². The van der Waals surface area contributed by atoms with E-state index in [1.807, 2.05) is 18.2 Å². The van der Waals surface area contributed by atoms with Gasteiger partial charge in [0.1, 0.15) is 5.57 Å². The highest BCUT2D eigenvalue weighted by molar-refractivity contribution is 6.25. The van der Waals surface area contributed by atoms with E-state index in [2.05, 4.69) is 5.32 Å². The zero-order chi connectivity index (χ0) is 15.9. The summed E-state index contributed by atoms with van der Waals surface area (Å²) in [7, 11) is 1.37. The van der Waals surface area contributed by atoms with E-state index in [0.29, 0.717) is 11.3 Å². The van der Waals surface area contributed by atoms with Crippen LogP contribution in [0.15, 0.2) is 72.1 Å². The third kappa shape index (κ3) is 3.52. The number of hydrogen-bond donors (Lipinski definition) is 3. The average Bonchev–Trinajstić information content (AvgIpc) is 2.55. The van der Waals surface area contributed by atoms with Gasteiger partial charge in [-0.2, -0.15) is 0 Å². The minimum absolute atomic E-state index is 0.0209. The molecule has 0 unspecified atom stereocenters. The van der Waals surface area contributed by atoms with Crippen molar-refractivity contribution in [3.8, 4) is 0 Å². The second kappa shape index (κ2) is 7.08. The summed E-state index contributed by atoms with van der Waals surface area (Å²) in [5.41, 5.74) is 0.842. The predicted octanol–water partition coefficient (Wildman–Crippen LogP) is 3.11. The number of nitrogens with one attached hydrogen (secondary N) is 2. The molecule has 2 rings (SSSR count). The van der Waals surface area contributed by atoms with Crippen molar-refractivity contribution in [3.05, 3.63) is 77.7 Å². The molecule has 0 saturated carbocycles. The van der Waals surface area contributed by atoms with E-state index in [4.69, 9.17) is 10.1 Å². The number of anilines is 1. The zero-order valence-electron chi connectivity index (χ0n) is 12.0. The molecule has 0 atom stereocenters. The fourth-order valence-electron chi connectivity index (χ4n) is 1.93. The summed E-state index contributed by atoms with van der Waals surface area (Å²) in [5, 5.41) is 20.5. The van der Waals surface area contributed by atoms with Crippen molar-refractivity contribution < 1.29 is 14.6 Å². The largest absolute Gasteiger partial charge is 0.482 e. The van der Waals surface area contributed by atoms with Gasteiger partial charge in [0.05, 0.1) is 12.8 Å². The minimum atomic E-state index is -1.23. The van der Waals surface area contributed by atoms with Crippen molar-refractivity contribution in [1.82, 2.24) is 0 Å². The Kier molecular flexibility index (Phi) is 4.93. The Morgan fingerprint density at radius 1 is 1.05 bits per heavy atom. The number of ether oxygens (including phenoxy) is 1. The SMILES string of the molecule is CO/C(Nc1ccccc1)=C(/C(=N)c1ccccc1)C(=O)O. The van der Waals surface area contributed by atoms with Gasteiger partial charge in [0.15, 0.2) is 0 Å². The van der Waals surface area contributed by atoms with Gasteiger partial charge in [-0.3, -0.25) is 5.41 Å². The molecule has 112 valence electrons. The van der Waals surface area contributed by atoms with Crippen LogP contribution in [0.1, 0.15) is 5.56 Å². The maximum absolute atomic E-state index is 11.6. The Hall–Kier alpha value is -3.08. The van der Waals surface area contributed by atoms with Crippen LogP contribution in [0.25, 0.3) is 0 Å². The average molecular weight is 296 g/mol. The summed E-state index contributed by atoms with van der Waals surface area (Å²) in [6.07, 6.45) is 0. The highest BCUT2D eigenvalue weighted by Gasteiger charge is 2.22. The van der Waals surface area contributed by atoms with E-state index in [9.17, 15) is 9.90 Å². The molecule has 3 N–H and O–H groups in total. The lowest BCUT2D eigenvalue weighted by molar-refractivity contribution is -0.132. The Morgan fingerprint density at radius 3 is 2.09 bits per heavy atom. The van der Waals surface area contributed by atoms with Gasteiger partial charge in [-0.1, -0.05) is 48.5 Å². The molecule has 0 bridgehead atoms. The summed E-state index contributed by atoms with van der Waals surface area (Å²) in [4.78, 5) is 11.6. The molecule has 0 spiro atoms. The first-order valence-electron chi connectivity index (χ1n) is 6.61. The quantitative estimate of drug-likeness (QED) is 0.434. The molecule has 0 aliphatic rings. The Labute approximate surface area is 128 Å². The van der Waals surface area contributed by atoms with Crippen LogP contribution in [-0.4, -0.2) is 23.9 Å². The Morgan fingerprint density at radius 2 is 1.59 bits per heavy atom. The van der Waals surface area contributed by atoms with Crippen molar-refractivity contribution in [1.29, 1.82) is 5.41 Å². The molecule has 0 saturated heterocycles. The van der Waals surface area contributed by atoms with E-state index in [1.165, 1.54) is 7.11 Å². The van der Waals surface area contributed by atoms with Gasteiger partial charge in [-0.25, -0.2) is 4.79 Å². The highest BCUT2D eigenvalue weighted by Crippen LogP contribution is 2.17. The zero-order valence-corrected chi connectivity index (χ0v) is 12.0. The van der Waals surface area contributed by atoms with Crippen molar-refractivity contribution in [2.75, 3.05) is 12.4 Å². The normalized spacial score (nSPS) is 11.3. The van der Waals surface area contributed by atoms with Crippen LogP contribution in [0.2, 0.25) is 0 Å². The molecule has 0 heterocycles. The van der Waals surface area contributed by atoms with Gasteiger partial charge < -0.3 is 15.2 Å². The number of carbonyl (C=O) groups is 1. The Balaban J connectivity index is 2.42. The van der Waals surface area contributed by atoms with E-state index in [1.54, 1.807) is 42.5 Å². The molecule has 0 radical (unpaired) electrons. The second-order valence-electron chi connectivity index (χ2n) is 4.45.